The first-order chi connectivity index (χ1) is 6.72. The van der Waals surface area contributed by atoms with Gasteiger partial charge in [0.15, 0.2) is 0 Å². The van der Waals surface area contributed by atoms with Gasteiger partial charge in [-0.2, -0.15) is 0 Å². The second-order valence-corrected chi connectivity index (χ2v) is 4.35. The Labute approximate surface area is 90.0 Å². The number of alkyl halides is 1. The summed E-state index contributed by atoms with van der Waals surface area (Å²) < 4.78 is 5.46. The molecular weight excluding hydrogens is 196 g/mol. The summed E-state index contributed by atoms with van der Waals surface area (Å²) >= 11 is 6.31. The predicted octanol–water partition coefficient (Wildman–Crippen LogP) is 3.56. The molecule has 0 saturated carbocycles. The predicted molar refractivity (Wildman–Crippen MR) is 59.1 cm³/mol. The van der Waals surface area contributed by atoms with Crippen molar-refractivity contribution in [3.05, 3.63) is 29.3 Å². The monoisotopic (exact) mass is 210 g/mol. The lowest BCUT2D eigenvalue weighted by Crippen LogP contribution is -1.95. The van der Waals surface area contributed by atoms with Gasteiger partial charge in [-0.25, -0.2) is 0 Å². The van der Waals surface area contributed by atoms with Crippen molar-refractivity contribution >= 4 is 11.6 Å². The molecule has 0 aliphatic heterocycles. The Bertz CT molecular complexity index is 335. The van der Waals surface area contributed by atoms with Crippen molar-refractivity contribution in [1.82, 2.24) is 0 Å². The average molecular weight is 211 g/mol. The van der Waals surface area contributed by atoms with Crippen molar-refractivity contribution in [2.24, 2.45) is 5.92 Å². The molecule has 2 atom stereocenters. The Morgan fingerprint density at radius 2 is 2.29 bits per heavy atom. The van der Waals surface area contributed by atoms with E-state index in [0.29, 0.717) is 12.5 Å². The third-order valence-corrected chi connectivity index (χ3v) is 3.43. The Hall–Kier alpha value is -0.690. The Morgan fingerprint density at radius 3 is 3.00 bits per heavy atom. The van der Waals surface area contributed by atoms with Gasteiger partial charge in [-0.05, 0) is 42.5 Å². The van der Waals surface area contributed by atoms with Gasteiger partial charge in [0.25, 0.3) is 0 Å². The van der Waals surface area contributed by atoms with Crippen LogP contribution in [-0.4, -0.2) is 6.61 Å². The fourth-order valence-corrected chi connectivity index (χ4v) is 2.32. The highest BCUT2D eigenvalue weighted by molar-refractivity contribution is 6.21. The number of ether oxygens (including phenoxy) is 1. The van der Waals surface area contributed by atoms with Gasteiger partial charge >= 0.3 is 0 Å². The van der Waals surface area contributed by atoms with Gasteiger partial charge in [0.1, 0.15) is 5.75 Å². The molecule has 0 aromatic heterocycles. The molecule has 2 rings (SSSR count). The van der Waals surface area contributed by atoms with Crippen LogP contribution < -0.4 is 4.74 Å². The molecule has 2 heteroatoms. The number of rotatable bonds is 2. The van der Waals surface area contributed by atoms with Gasteiger partial charge in [-0.15, -0.1) is 11.6 Å². The lowest BCUT2D eigenvalue weighted by atomic mass is 10.1. The highest BCUT2D eigenvalue weighted by atomic mass is 35.5. The zero-order valence-corrected chi connectivity index (χ0v) is 9.34. The molecule has 0 radical (unpaired) electrons. The van der Waals surface area contributed by atoms with Crippen LogP contribution in [-0.2, 0) is 6.42 Å². The highest BCUT2D eigenvalue weighted by Gasteiger charge is 2.27. The molecule has 1 aliphatic carbocycles. The first-order valence-corrected chi connectivity index (χ1v) is 5.55. The SMILES string of the molecule is CCOc1ccc2c(c1)C(Cl)C(C)C2. The van der Waals surface area contributed by atoms with Gasteiger partial charge in [0.2, 0.25) is 0 Å². The molecule has 1 aromatic rings. The molecule has 0 fully saturated rings. The molecule has 0 N–H and O–H groups in total. The molecule has 0 bridgehead atoms. The quantitative estimate of drug-likeness (QED) is 0.679. The average Bonchev–Trinajstić information content (AvgIpc) is 2.45. The summed E-state index contributed by atoms with van der Waals surface area (Å²) in [5.41, 5.74) is 2.63. The van der Waals surface area contributed by atoms with Crippen molar-refractivity contribution < 1.29 is 4.74 Å². The topological polar surface area (TPSA) is 9.23 Å². The van der Waals surface area contributed by atoms with Crippen LogP contribution in [0.25, 0.3) is 0 Å². The fourth-order valence-electron chi connectivity index (χ4n) is 2.03. The van der Waals surface area contributed by atoms with E-state index in [1.54, 1.807) is 0 Å². The van der Waals surface area contributed by atoms with Crippen LogP contribution in [0.1, 0.15) is 30.4 Å². The lowest BCUT2D eigenvalue weighted by Gasteiger charge is -2.08. The van der Waals surface area contributed by atoms with E-state index in [1.807, 2.05) is 13.0 Å². The summed E-state index contributed by atoms with van der Waals surface area (Å²) in [7, 11) is 0. The zero-order valence-electron chi connectivity index (χ0n) is 8.59. The van der Waals surface area contributed by atoms with Crippen molar-refractivity contribution in [3.8, 4) is 5.75 Å². The van der Waals surface area contributed by atoms with E-state index in [-0.39, 0.29) is 5.38 Å². The lowest BCUT2D eigenvalue weighted by molar-refractivity contribution is 0.340. The maximum Gasteiger partial charge on any atom is 0.119 e. The molecule has 0 heterocycles. The van der Waals surface area contributed by atoms with Gasteiger partial charge in [-0.3, -0.25) is 0 Å². The normalized spacial score (nSPS) is 24.8. The Balaban J connectivity index is 2.31. The molecule has 76 valence electrons. The summed E-state index contributed by atoms with van der Waals surface area (Å²) in [5.74, 6) is 1.48. The Morgan fingerprint density at radius 1 is 1.50 bits per heavy atom. The van der Waals surface area contributed by atoms with Crippen molar-refractivity contribution in [1.29, 1.82) is 0 Å². The van der Waals surface area contributed by atoms with Crippen LogP contribution in [0.3, 0.4) is 0 Å². The zero-order chi connectivity index (χ0) is 10.1. The molecule has 14 heavy (non-hydrogen) atoms. The minimum absolute atomic E-state index is 0.158. The Kier molecular flexibility index (Phi) is 2.69. The van der Waals surface area contributed by atoms with Crippen molar-refractivity contribution in [3.63, 3.8) is 0 Å². The van der Waals surface area contributed by atoms with Crippen LogP contribution in [0.5, 0.6) is 5.75 Å². The van der Waals surface area contributed by atoms with Gasteiger partial charge in [0, 0.05) is 0 Å². The molecule has 0 saturated heterocycles. The molecule has 1 aliphatic rings. The molecular formula is C12H15ClO. The standard InChI is InChI=1S/C12H15ClO/c1-3-14-10-5-4-9-6-8(2)12(13)11(9)7-10/h4-5,7-8,12H,3,6H2,1-2H3. The highest BCUT2D eigenvalue weighted by Crippen LogP contribution is 2.41. The molecule has 1 nitrogen and oxygen atoms in total. The number of benzene rings is 1. The van der Waals surface area contributed by atoms with E-state index in [0.717, 1.165) is 12.2 Å². The molecule has 1 aromatic carbocycles. The first-order valence-electron chi connectivity index (χ1n) is 5.12. The van der Waals surface area contributed by atoms with Gasteiger partial charge in [0.05, 0.1) is 12.0 Å². The second-order valence-electron chi connectivity index (χ2n) is 3.88. The van der Waals surface area contributed by atoms with Crippen LogP contribution in [0, 0.1) is 5.92 Å². The fraction of sp³-hybridized carbons (Fsp3) is 0.500. The maximum atomic E-state index is 6.31. The summed E-state index contributed by atoms with van der Waals surface area (Å²) in [5, 5.41) is 0.158. The first kappa shape index (κ1) is 9.85. The van der Waals surface area contributed by atoms with E-state index < -0.39 is 0 Å². The van der Waals surface area contributed by atoms with Crippen LogP contribution in [0.4, 0.5) is 0 Å². The van der Waals surface area contributed by atoms with Crippen LogP contribution in [0.15, 0.2) is 18.2 Å². The summed E-state index contributed by atoms with van der Waals surface area (Å²) in [6, 6.07) is 6.25. The van der Waals surface area contributed by atoms with Gasteiger partial charge < -0.3 is 4.74 Å². The molecule has 2 unspecified atom stereocenters. The summed E-state index contributed by atoms with van der Waals surface area (Å²) in [4.78, 5) is 0. The third-order valence-electron chi connectivity index (χ3n) is 2.77. The van der Waals surface area contributed by atoms with Crippen LogP contribution in [0.2, 0.25) is 0 Å². The van der Waals surface area contributed by atoms with Crippen LogP contribution >= 0.6 is 11.6 Å². The van der Waals surface area contributed by atoms with E-state index >= 15 is 0 Å². The van der Waals surface area contributed by atoms with E-state index in [2.05, 4.69) is 19.1 Å². The van der Waals surface area contributed by atoms with Crippen molar-refractivity contribution in [2.45, 2.75) is 25.6 Å². The number of halogens is 1. The molecule has 0 amide bonds. The van der Waals surface area contributed by atoms with Gasteiger partial charge in [-0.1, -0.05) is 13.0 Å². The smallest absolute Gasteiger partial charge is 0.119 e. The van der Waals surface area contributed by atoms with E-state index in [9.17, 15) is 0 Å². The van der Waals surface area contributed by atoms with E-state index in [4.69, 9.17) is 16.3 Å². The minimum Gasteiger partial charge on any atom is -0.494 e. The molecule has 0 spiro atoms. The second kappa shape index (κ2) is 3.82. The minimum atomic E-state index is 0.158. The van der Waals surface area contributed by atoms with Crippen molar-refractivity contribution in [2.75, 3.05) is 6.61 Å². The maximum absolute atomic E-state index is 6.31. The number of fused-ring (bicyclic) bond motifs is 1. The third kappa shape index (κ3) is 1.61. The van der Waals surface area contributed by atoms with E-state index in [1.165, 1.54) is 11.1 Å². The number of hydrogen-bond donors (Lipinski definition) is 0. The summed E-state index contributed by atoms with van der Waals surface area (Å²) in [6.07, 6.45) is 1.09. The summed E-state index contributed by atoms with van der Waals surface area (Å²) in [6.45, 7) is 4.90. The largest absolute Gasteiger partial charge is 0.494 e. The number of hydrogen-bond acceptors (Lipinski definition) is 1.